The average Bonchev–Trinajstić information content (AvgIpc) is 3.28. The first-order valence-corrected chi connectivity index (χ1v) is 13.3. The normalized spacial score (nSPS) is 16.7. The van der Waals surface area contributed by atoms with Crippen molar-refractivity contribution in [3.63, 3.8) is 0 Å². The second kappa shape index (κ2) is 8.47. The van der Waals surface area contributed by atoms with Gasteiger partial charge in [-0.15, -0.1) is 11.3 Å². The molecule has 0 bridgehead atoms. The SMILES string of the molecule is CC(Nc1ncnc2scnc12)c1cc2cccc(Cl)c2c(C(=O)N2CCS(=O)(=O)CC2)n1. The molecule has 0 aliphatic carbocycles. The summed E-state index contributed by atoms with van der Waals surface area (Å²) in [5.41, 5.74) is 3.22. The number of benzene rings is 1. The minimum Gasteiger partial charge on any atom is -0.360 e. The molecule has 1 amide bonds. The molecule has 0 saturated carbocycles. The third-order valence-electron chi connectivity index (χ3n) is 5.59. The molecule has 1 aliphatic rings. The lowest BCUT2D eigenvalue weighted by molar-refractivity contribution is 0.0766. The van der Waals surface area contributed by atoms with Crippen LogP contribution in [0.15, 0.2) is 36.1 Å². The molecule has 1 atom stereocenters. The van der Waals surface area contributed by atoms with Gasteiger partial charge in [-0.1, -0.05) is 23.7 Å². The molecule has 0 spiro atoms. The standard InChI is InChI=1S/C21H19ClN6O3S2/c1-12(26-19-18-20(24-10-23-19)32-11-25-18)15-9-13-3-2-4-14(22)16(13)17(27-15)21(29)28-5-7-33(30,31)8-6-28/h2-4,9-12H,5-8H2,1H3,(H,23,24,26). The molecule has 1 fully saturated rings. The highest BCUT2D eigenvalue weighted by molar-refractivity contribution is 7.91. The van der Waals surface area contributed by atoms with Gasteiger partial charge in [0.25, 0.3) is 5.91 Å². The number of carbonyl (C=O) groups excluding carboxylic acids is 1. The summed E-state index contributed by atoms with van der Waals surface area (Å²) in [6.07, 6.45) is 1.47. The van der Waals surface area contributed by atoms with E-state index in [-0.39, 0.29) is 42.2 Å². The van der Waals surface area contributed by atoms with Crippen molar-refractivity contribution in [2.75, 3.05) is 29.9 Å². The van der Waals surface area contributed by atoms with Gasteiger partial charge in [-0.3, -0.25) is 4.79 Å². The number of hydrogen-bond donors (Lipinski definition) is 1. The summed E-state index contributed by atoms with van der Waals surface area (Å²) in [6.45, 7) is 2.19. The van der Waals surface area contributed by atoms with E-state index in [0.29, 0.717) is 27.4 Å². The quantitative estimate of drug-likeness (QED) is 0.451. The first-order chi connectivity index (χ1) is 15.8. The summed E-state index contributed by atoms with van der Waals surface area (Å²) in [4.78, 5) is 33.2. The van der Waals surface area contributed by atoms with Crippen molar-refractivity contribution in [3.8, 4) is 0 Å². The highest BCUT2D eigenvalue weighted by Crippen LogP contribution is 2.31. The van der Waals surface area contributed by atoms with Gasteiger partial charge in [0.05, 0.1) is 33.8 Å². The zero-order valence-electron chi connectivity index (χ0n) is 17.5. The fourth-order valence-electron chi connectivity index (χ4n) is 3.81. The molecule has 9 nitrogen and oxygen atoms in total. The number of carbonyl (C=O) groups is 1. The minimum absolute atomic E-state index is 0.0561. The zero-order chi connectivity index (χ0) is 23.2. The number of rotatable bonds is 4. The van der Waals surface area contributed by atoms with Gasteiger partial charge >= 0.3 is 0 Å². The molecule has 1 aliphatic heterocycles. The summed E-state index contributed by atoms with van der Waals surface area (Å²) < 4.78 is 23.6. The van der Waals surface area contributed by atoms with Crippen LogP contribution < -0.4 is 5.32 Å². The van der Waals surface area contributed by atoms with Gasteiger partial charge in [0.2, 0.25) is 0 Å². The van der Waals surface area contributed by atoms with Crippen molar-refractivity contribution in [1.29, 1.82) is 0 Å². The summed E-state index contributed by atoms with van der Waals surface area (Å²) in [6, 6.07) is 6.98. The van der Waals surface area contributed by atoms with Crippen LogP contribution in [0, 0.1) is 0 Å². The highest BCUT2D eigenvalue weighted by atomic mass is 35.5. The van der Waals surface area contributed by atoms with E-state index in [9.17, 15) is 13.2 Å². The third-order valence-corrected chi connectivity index (χ3v) is 8.25. The summed E-state index contributed by atoms with van der Waals surface area (Å²) in [5, 5.41) is 5.06. The van der Waals surface area contributed by atoms with E-state index in [1.54, 1.807) is 11.6 Å². The van der Waals surface area contributed by atoms with Gasteiger partial charge in [0.15, 0.2) is 15.7 Å². The van der Waals surface area contributed by atoms with Crippen molar-refractivity contribution in [2.45, 2.75) is 13.0 Å². The van der Waals surface area contributed by atoms with Crippen LogP contribution in [-0.4, -0.2) is 63.8 Å². The lowest BCUT2D eigenvalue weighted by Gasteiger charge is -2.27. The first kappa shape index (κ1) is 21.9. The summed E-state index contributed by atoms with van der Waals surface area (Å²) >= 11 is 7.88. The fourth-order valence-corrected chi connectivity index (χ4v) is 5.91. The van der Waals surface area contributed by atoms with Crippen LogP contribution in [0.2, 0.25) is 5.02 Å². The molecular weight excluding hydrogens is 484 g/mol. The molecule has 33 heavy (non-hydrogen) atoms. The van der Waals surface area contributed by atoms with Crippen LogP contribution in [0.25, 0.3) is 21.1 Å². The molecular formula is C21H19ClN6O3S2. The van der Waals surface area contributed by atoms with Crippen LogP contribution in [0.1, 0.15) is 29.1 Å². The van der Waals surface area contributed by atoms with Crippen LogP contribution in [0.5, 0.6) is 0 Å². The van der Waals surface area contributed by atoms with E-state index in [2.05, 4.69) is 25.3 Å². The van der Waals surface area contributed by atoms with E-state index in [1.807, 2.05) is 25.1 Å². The lowest BCUT2D eigenvalue weighted by Crippen LogP contribution is -2.44. The van der Waals surface area contributed by atoms with Gasteiger partial charge < -0.3 is 10.2 Å². The predicted molar refractivity (Wildman–Crippen MR) is 129 cm³/mol. The number of nitrogens with zero attached hydrogens (tertiary/aromatic N) is 5. The number of aromatic nitrogens is 4. The lowest BCUT2D eigenvalue weighted by atomic mass is 10.0. The van der Waals surface area contributed by atoms with Crippen LogP contribution >= 0.6 is 22.9 Å². The Kier molecular flexibility index (Phi) is 5.63. The molecule has 0 radical (unpaired) electrons. The Balaban J connectivity index is 1.54. The van der Waals surface area contributed by atoms with Gasteiger partial charge in [-0.05, 0) is 24.4 Å². The Bertz CT molecular complexity index is 1480. The van der Waals surface area contributed by atoms with Crippen LogP contribution in [0.3, 0.4) is 0 Å². The molecule has 4 heterocycles. The number of hydrogen-bond acceptors (Lipinski definition) is 9. The fraction of sp³-hybridized carbons (Fsp3) is 0.286. The predicted octanol–water partition coefficient (Wildman–Crippen LogP) is 3.33. The molecule has 1 N–H and O–H groups in total. The van der Waals surface area contributed by atoms with E-state index >= 15 is 0 Å². The minimum atomic E-state index is -3.12. The van der Waals surface area contributed by atoms with E-state index in [0.717, 1.165) is 10.2 Å². The van der Waals surface area contributed by atoms with Gasteiger partial charge in [0.1, 0.15) is 22.4 Å². The van der Waals surface area contributed by atoms with Crippen molar-refractivity contribution < 1.29 is 13.2 Å². The molecule has 1 unspecified atom stereocenters. The summed E-state index contributed by atoms with van der Waals surface area (Å²) in [5.74, 6) is 0.135. The van der Waals surface area contributed by atoms with Crippen LogP contribution in [-0.2, 0) is 9.84 Å². The van der Waals surface area contributed by atoms with Crippen molar-refractivity contribution in [1.82, 2.24) is 24.8 Å². The maximum Gasteiger partial charge on any atom is 0.273 e. The van der Waals surface area contributed by atoms with Crippen molar-refractivity contribution in [3.05, 3.63) is 52.5 Å². The molecule has 12 heteroatoms. The second-order valence-corrected chi connectivity index (χ2v) is 11.3. The smallest absolute Gasteiger partial charge is 0.273 e. The zero-order valence-corrected chi connectivity index (χ0v) is 19.9. The number of sulfone groups is 1. The molecule has 4 aromatic rings. The number of pyridine rings is 1. The second-order valence-electron chi connectivity index (χ2n) is 7.77. The number of anilines is 1. The molecule has 170 valence electrons. The van der Waals surface area contributed by atoms with Crippen molar-refractivity contribution >= 4 is 65.6 Å². The number of fused-ring (bicyclic) bond motifs is 2. The van der Waals surface area contributed by atoms with Gasteiger partial charge in [0, 0.05) is 18.5 Å². The topological polar surface area (TPSA) is 118 Å². The van der Waals surface area contributed by atoms with Crippen molar-refractivity contribution in [2.24, 2.45) is 0 Å². The Morgan fingerprint density at radius 3 is 2.79 bits per heavy atom. The number of amides is 1. The Morgan fingerprint density at radius 2 is 2.00 bits per heavy atom. The number of nitrogens with one attached hydrogen (secondary N) is 1. The van der Waals surface area contributed by atoms with Gasteiger partial charge in [-0.25, -0.2) is 28.4 Å². The Labute approximate surface area is 198 Å². The Hall–Kier alpha value is -2.89. The van der Waals surface area contributed by atoms with E-state index < -0.39 is 9.84 Å². The number of halogens is 1. The molecule has 5 rings (SSSR count). The monoisotopic (exact) mass is 502 g/mol. The molecule has 1 saturated heterocycles. The third kappa shape index (κ3) is 4.23. The molecule has 3 aromatic heterocycles. The summed E-state index contributed by atoms with van der Waals surface area (Å²) in [7, 11) is -3.12. The molecule has 1 aromatic carbocycles. The van der Waals surface area contributed by atoms with E-state index in [4.69, 9.17) is 11.6 Å². The van der Waals surface area contributed by atoms with Crippen LogP contribution in [0.4, 0.5) is 5.82 Å². The maximum atomic E-state index is 13.4. The first-order valence-electron chi connectivity index (χ1n) is 10.2. The highest BCUT2D eigenvalue weighted by Gasteiger charge is 2.29. The number of thiazole rings is 1. The van der Waals surface area contributed by atoms with E-state index in [1.165, 1.54) is 22.6 Å². The Morgan fingerprint density at radius 1 is 1.21 bits per heavy atom. The van der Waals surface area contributed by atoms with Gasteiger partial charge in [-0.2, -0.15) is 0 Å². The maximum absolute atomic E-state index is 13.4. The largest absolute Gasteiger partial charge is 0.360 e. The average molecular weight is 503 g/mol.